The van der Waals surface area contributed by atoms with Crippen molar-refractivity contribution in [2.45, 2.75) is 33.4 Å². The molecule has 29 heavy (non-hydrogen) atoms. The van der Waals surface area contributed by atoms with Gasteiger partial charge >= 0.3 is 0 Å². The molecule has 0 bridgehead atoms. The second-order valence-corrected chi connectivity index (χ2v) is 7.33. The Morgan fingerprint density at radius 1 is 1.24 bits per heavy atom. The Labute approximate surface area is 169 Å². The lowest BCUT2D eigenvalue weighted by molar-refractivity contribution is 0.414. The molecule has 0 saturated heterocycles. The summed E-state index contributed by atoms with van der Waals surface area (Å²) < 4.78 is 9.33. The number of methoxy groups -OCH3 is 1. The van der Waals surface area contributed by atoms with Gasteiger partial charge in [-0.05, 0) is 32.9 Å². The minimum atomic E-state index is 0.216. The van der Waals surface area contributed by atoms with Crippen LogP contribution in [0.2, 0.25) is 0 Å². The maximum atomic E-state index is 5.50. The summed E-state index contributed by atoms with van der Waals surface area (Å²) >= 11 is 0. The Balaban J connectivity index is 1.87. The second kappa shape index (κ2) is 7.54. The molecule has 0 aliphatic carbocycles. The minimum Gasteiger partial charge on any atom is -0.494 e. The summed E-state index contributed by atoms with van der Waals surface area (Å²) in [6.07, 6.45) is 7.32. The van der Waals surface area contributed by atoms with Crippen LogP contribution in [0, 0.1) is 6.92 Å². The fourth-order valence-electron chi connectivity index (χ4n) is 3.44. The zero-order chi connectivity index (χ0) is 20.5. The molecule has 0 amide bonds. The summed E-state index contributed by atoms with van der Waals surface area (Å²) in [5.74, 6) is 0.687. The van der Waals surface area contributed by atoms with Gasteiger partial charge in [-0.15, -0.1) is 0 Å². The van der Waals surface area contributed by atoms with Crippen LogP contribution in [0.25, 0.3) is 22.3 Å². The molecule has 0 spiro atoms. The van der Waals surface area contributed by atoms with Gasteiger partial charge < -0.3 is 10.1 Å². The van der Waals surface area contributed by atoms with E-state index in [1.54, 1.807) is 24.2 Å². The first-order chi connectivity index (χ1) is 14.0. The predicted octanol–water partition coefficient (Wildman–Crippen LogP) is 3.74. The molecule has 8 heteroatoms. The van der Waals surface area contributed by atoms with E-state index in [0.717, 1.165) is 39.2 Å². The van der Waals surface area contributed by atoms with Crippen molar-refractivity contribution in [2.24, 2.45) is 7.05 Å². The summed E-state index contributed by atoms with van der Waals surface area (Å²) in [5, 5.41) is 12.6. The van der Waals surface area contributed by atoms with E-state index < -0.39 is 0 Å². The van der Waals surface area contributed by atoms with Crippen molar-refractivity contribution in [3.05, 3.63) is 48.2 Å². The SMILES string of the molecule is COc1cnccc1-c1cc(NCc2cnn(C)c2)c2c(n1)c(C)nn2C(C)C. The van der Waals surface area contributed by atoms with Gasteiger partial charge in [-0.1, -0.05) is 0 Å². The van der Waals surface area contributed by atoms with Gasteiger partial charge in [0.05, 0.1) is 36.6 Å². The van der Waals surface area contributed by atoms with Crippen LogP contribution in [-0.4, -0.2) is 36.6 Å². The van der Waals surface area contributed by atoms with Crippen LogP contribution in [0.3, 0.4) is 0 Å². The van der Waals surface area contributed by atoms with Crippen LogP contribution in [0.15, 0.2) is 36.9 Å². The number of fused-ring (bicyclic) bond motifs is 1. The number of pyridine rings is 2. The predicted molar refractivity (Wildman–Crippen MR) is 113 cm³/mol. The van der Waals surface area contributed by atoms with Crippen molar-refractivity contribution in [1.29, 1.82) is 0 Å². The molecule has 0 aliphatic heterocycles. The Hall–Kier alpha value is -3.42. The first-order valence-electron chi connectivity index (χ1n) is 9.57. The van der Waals surface area contributed by atoms with E-state index in [0.29, 0.717) is 12.3 Å². The smallest absolute Gasteiger partial charge is 0.146 e. The Kier molecular flexibility index (Phi) is 4.92. The number of anilines is 1. The molecule has 1 N–H and O–H groups in total. The summed E-state index contributed by atoms with van der Waals surface area (Å²) in [6, 6.07) is 4.18. The third-order valence-electron chi connectivity index (χ3n) is 4.83. The molecule has 0 aromatic carbocycles. The number of nitrogens with one attached hydrogen (secondary N) is 1. The highest BCUT2D eigenvalue weighted by molar-refractivity contribution is 5.93. The van der Waals surface area contributed by atoms with Gasteiger partial charge in [0.2, 0.25) is 0 Å². The lowest BCUT2D eigenvalue weighted by Crippen LogP contribution is -2.07. The number of nitrogens with zero attached hydrogens (tertiary/aromatic N) is 6. The highest BCUT2D eigenvalue weighted by Gasteiger charge is 2.19. The van der Waals surface area contributed by atoms with Gasteiger partial charge in [-0.2, -0.15) is 10.2 Å². The van der Waals surface area contributed by atoms with Crippen molar-refractivity contribution in [1.82, 2.24) is 29.5 Å². The molecule has 150 valence electrons. The van der Waals surface area contributed by atoms with Gasteiger partial charge in [0.15, 0.2) is 0 Å². The van der Waals surface area contributed by atoms with Crippen molar-refractivity contribution in [2.75, 3.05) is 12.4 Å². The van der Waals surface area contributed by atoms with E-state index in [1.165, 1.54) is 0 Å². The normalized spacial score (nSPS) is 11.4. The van der Waals surface area contributed by atoms with Crippen molar-refractivity contribution in [3.8, 4) is 17.0 Å². The molecule has 8 nitrogen and oxygen atoms in total. The number of rotatable bonds is 6. The fourth-order valence-corrected chi connectivity index (χ4v) is 3.44. The van der Waals surface area contributed by atoms with Gasteiger partial charge in [0, 0.05) is 43.2 Å². The summed E-state index contributed by atoms with van der Waals surface area (Å²) in [4.78, 5) is 9.08. The van der Waals surface area contributed by atoms with Crippen LogP contribution < -0.4 is 10.1 Å². The van der Waals surface area contributed by atoms with Crippen LogP contribution in [0.4, 0.5) is 5.69 Å². The van der Waals surface area contributed by atoms with Gasteiger partial charge in [-0.25, -0.2) is 4.98 Å². The third-order valence-corrected chi connectivity index (χ3v) is 4.83. The molecular weight excluding hydrogens is 366 g/mol. The maximum absolute atomic E-state index is 5.50. The van der Waals surface area contributed by atoms with Crippen molar-refractivity contribution in [3.63, 3.8) is 0 Å². The fraction of sp³-hybridized carbons (Fsp3) is 0.333. The van der Waals surface area contributed by atoms with E-state index in [4.69, 9.17) is 14.8 Å². The number of hydrogen-bond acceptors (Lipinski definition) is 6. The molecule has 0 aliphatic rings. The average molecular weight is 391 g/mol. The number of aromatic nitrogens is 6. The summed E-state index contributed by atoms with van der Waals surface area (Å²) in [7, 11) is 3.56. The molecule has 0 fully saturated rings. The zero-order valence-corrected chi connectivity index (χ0v) is 17.3. The summed E-state index contributed by atoms with van der Waals surface area (Å²) in [6.45, 7) is 6.89. The van der Waals surface area contributed by atoms with E-state index in [2.05, 4.69) is 35.3 Å². The van der Waals surface area contributed by atoms with E-state index >= 15 is 0 Å². The van der Waals surface area contributed by atoms with Crippen LogP contribution in [-0.2, 0) is 13.6 Å². The average Bonchev–Trinajstić information content (AvgIpc) is 3.29. The van der Waals surface area contributed by atoms with Crippen LogP contribution in [0.5, 0.6) is 5.75 Å². The van der Waals surface area contributed by atoms with Crippen molar-refractivity contribution >= 4 is 16.7 Å². The third kappa shape index (κ3) is 3.53. The Bertz CT molecular complexity index is 1160. The van der Waals surface area contributed by atoms with E-state index in [-0.39, 0.29) is 6.04 Å². The Morgan fingerprint density at radius 3 is 2.76 bits per heavy atom. The maximum Gasteiger partial charge on any atom is 0.146 e. The number of aryl methyl sites for hydroxylation is 2. The van der Waals surface area contributed by atoms with Crippen molar-refractivity contribution < 1.29 is 4.74 Å². The lowest BCUT2D eigenvalue weighted by Gasteiger charge is -2.14. The van der Waals surface area contributed by atoms with Crippen LogP contribution in [0.1, 0.15) is 31.1 Å². The molecule has 4 aromatic rings. The van der Waals surface area contributed by atoms with E-state index in [1.807, 2.05) is 37.1 Å². The monoisotopic (exact) mass is 391 g/mol. The van der Waals surface area contributed by atoms with Gasteiger partial charge in [-0.3, -0.25) is 14.3 Å². The number of ether oxygens (including phenoxy) is 1. The van der Waals surface area contributed by atoms with Gasteiger partial charge in [0.1, 0.15) is 16.8 Å². The highest BCUT2D eigenvalue weighted by atomic mass is 16.5. The molecule has 0 saturated carbocycles. The van der Waals surface area contributed by atoms with E-state index in [9.17, 15) is 0 Å². The quantitative estimate of drug-likeness (QED) is 0.539. The lowest BCUT2D eigenvalue weighted by atomic mass is 10.1. The van der Waals surface area contributed by atoms with Gasteiger partial charge in [0.25, 0.3) is 0 Å². The number of hydrogen-bond donors (Lipinski definition) is 1. The minimum absolute atomic E-state index is 0.216. The molecule has 0 atom stereocenters. The standard InChI is InChI=1S/C21H25N7O/c1-13(2)28-21-18(23-9-15-10-24-27(4)12-15)8-17(25-20(21)14(3)26-28)16-6-7-22-11-19(16)29-5/h6-8,10-13H,9H2,1-5H3,(H,23,25). The Morgan fingerprint density at radius 2 is 2.07 bits per heavy atom. The first kappa shape index (κ1) is 18.9. The first-order valence-corrected chi connectivity index (χ1v) is 9.57. The molecule has 4 rings (SSSR count). The second-order valence-electron chi connectivity index (χ2n) is 7.33. The van der Waals surface area contributed by atoms with Crippen LogP contribution >= 0.6 is 0 Å². The molecular formula is C21H25N7O. The topological polar surface area (TPSA) is 82.7 Å². The molecule has 0 radical (unpaired) electrons. The molecule has 4 aromatic heterocycles. The largest absolute Gasteiger partial charge is 0.494 e. The molecule has 0 unspecified atom stereocenters. The highest BCUT2D eigenvalue weighted by Crippen LogP contribution is 2.35. The summed E-state index contributed by atoms with van der Waals surface area (Å²) in [5.41, 5.74) is 6.56. The zero-order valence-electron chi connectivity index (χ0n) is 17.3. The molecule has 4 heterocycles.